The first-order chi connectivity index (χ1) is 5.09. The number of hydrogen-bond donors (Lipinski definition) is 2. The van der Waals surface area contributed by atoms with Crippen LogP contribution < -0.4 is 5.43 Å². The SMILES string of the molecule is CC(C)C(NN=[N+]=[N-])C(=O)O. The molecule has 2 N–H and O–H groups in total. The molecule has 0 aromatic carbocycles. The first-order valence-electron chi connectivity index (χ1n) is 3.12. The molecule has 0 saturated heterocycles. The van der Waals surface area contributed by atoms with Gasteiger partial charge in [0.25, 0.3) is 0 Å². The lowest BCUT2D eigenvalue weighted by Gasteiger charge is -2.10. The van der Waals surface area contributed by atoms with Gasteiger partial charge in [0, 0.05) is 5.92 Å². The summed E-state index contributed by atoms with van der Waals surface area (Å²) >= 11 is 0. The van der Waals surface area contributed by atoms with Crippen LogP contribution >= 0.6 is 0 Å². The second kappa shape index (κ2) is 4.40. The van der Waals surface area contributed by atoms with Crippen LogP contribution in [0.4, 0.5) is 0 Å². The van der Waals surface area contributed by atoms with Gasteiger partial charge < -0.3 is 5.11 Å². The minimum atomic E-state index is -1.02. The average Bonchev–Trinajstić information content (AvgIpc) is 1.87. The average molecular weight is 158 g/mol. The van der Waals surface area contributed by atoms with Crippen molar-refractivity contribution in [1.82, 2.24) is 5.43 Å². The number of nitrogens with one attached hydrogen (secondary N) is 1. The molecule has 6 heteroatoms. The van der Waals surface area contributed by atoms with E-state index in [-0.39, 0.29) is 5.92 Å². The molecule has 11 heavy (non-hydrogen) atoms. The fourth-order valence-corrected chi connectivity index (χ4v) is 0.577. The summed E-state index contributed by atoms with van der Waals surface area (Å²) in [6.07, 6.45) is 0. The van der Waals surface area contributed by atoms with E-state index in [4.69, 9.17) is 10.6 Å². The van der Waals surface area contributed by atoms with E-state index in [1.807, 2.05) is 0 Å². The van der Waals surface area contributed by atoms with Crippen LogP contribution in [0.1, 0.15) is 13.8 Å². The highest BCUT2D eigenvalue weighted by atomic mass is 16.4. The lowest BCUT2D eigenvalue weighted by molar-refractivity contribution is -0.140. The summed E-state index contributed by atoms with van der Waals surface area (Å²) in [5.41, 5.74) is 10.1. The minimum Gasteiger partial charge on any atom is -0.478 e. The van der Waals surface area contributed by atoms with Crippen LogP contribution in [0.15, 0.2) is 5.22 Å². The van der Waals surface area contributed by atoms with Crippen LogP contribution in [0.3, 0.4) is 0 Å². The summed E-state index contributed by atoms with van der Waals surface area (Å²) in [5, 5.41) is 11.5. The fourth-order valence-electron chi connectivity index (χ4n) is 0.577. The Bertz CT molecular complexity index is 185. The number of carbonyl (C=O) groups is 1. The molecule has 0 spiro atoms. The third-order valence-corrected chi connectivity index (χ3v) is 1.17. The van der Waals surface area contributed by atoms with Crippen molar-refractivity contribution in [2.75, 3.05) is 0 Å². The molecule has 0 rings (SSSR count). The second-order valence-electron chi connectivity index (χ2n) is 2.38. The van der Waals surface area contributed by atoms with Crippen molar-refractivity contribution < 1.29 is 9.90 Å². The zero-order valence-electron chi connectivity index (χ0n) is 6.35. The predicted octanol–water partition coefficient (Wildman–Crippen LogP) is 0.910. The number of hydrogen-bond acceptors (Lipinski definition) is 2. The van der Waals surface area contributed by atoms with Crippen molar-refractivity contribution in [2.45, 2.75) is 19.9 Å². The van der Waals surface area contributed by atoms with Gasteiger partial charge in [-0.05, 0) is 5.22 Å². The molecule has 0 aliphatic carbocycles. The molecule has 0 amide bonds. The van der Waals surface area contributed by atoms with Crippen LogP contribution in [0, 0.1) is 5.92 Å². The number of azide groups is 1. The van der Waals surface area contributed by atoms with Crippen LogP contribution in [0.5, 0.6) is 0 Å². The van der Waals surface area contributed by atoms with Gasteiger partial charge in [-0.2, -0.15) is 4.91 Å². The Morgan fingerprint density at radius 1 is 1.73 bits per heavy atom. The van der Waals surface area contributed by atoms with Crippen LogP contribution in [0.25, 0.3) is 10.4 Å². The van der Waals surface area contributed by atoms with Gasteiger partial charge in [0.05, 0.1) is 0 Å². The Kier molecular flexibility index (Phi) is 3.84. The fraction of sp³-hybridized carbons (Fsp3) is 0.800. The van der Waals surface area contributed by atoms with E-state index < -0.39 is 12.0 Å². The first kappa shape index (κ1) is 9.58. The van der Waals surface area contributed by atoms with E-state index in [9.17, 15) is 4.79 Å². The zero-order valence-corrected chi connectivity index (χ0v) is 6.35. The van der Waals surface area contributed by atoms with E-state index in [1.165, 1.54) is 0 Å². The number of carboxylic acids is 1. The van der Waals surface area contributed by atoms with Gasteiger partial charge in [0.15, 0.2) is 6.04 Å². The molecule has 0 fully saturated rings. The van der Waals surface area contributed by atoms with Crippen LogP contribution in [-0.2, 0) is 4.79 Å². The monoisotopic (exact) mass is 158 g/mol. The molecular weight excluding hydrogens is 148 g/mol. The third kappa shape index (κ3) is 3.32. The molecule has 0 bridgehead atoms. The Labute approximate surface area is 63.8 Å². The van der Waals surface area contributed by atoms with E-state index in [0.717, 1.165) is 0 Å². The summed E-state index contributed by atoms with van der Waals surface area (Å²) in [7, 11) is 0. The van der Waals surface area contributed by atoms with Gasteiger partial charge in [-0.3, -0.25) is 0 Å². The van der Waals surface area contributed by atoms with Gasteiger partial charge >= 0.3 is 5.97 Å². The first-order valence-corrected chi connectivity index (χ1v) is 3.12. The third-order valence-electron chi connectivity index (χ3n) is 1.17. The molecular formula is C5H10N4O2. The molecule has 0 aliphatic heterocycles. The Morgan fingerprint density at radius 3 is 2.55 bits per heavy atom. The summed E-state index contributed by atoms with van der Waals surface area (Å²) in [5.74, 6) is -1.13. The van der Waals surface area contributed by atoms with Gasteiger partial charge in [-0.15, -0.1) is 5.53 Å². The summed E-state index contributed by atoms with van der Waals surface area (Å²) in [4.78, 5) is 12.8. The Hall–Kier alpha value is -1.42. The number of rotatable bonds is 4. The lowest BCUT2D eigenvalue weighted by Crippen LogP contribution is -2.37. The van der Waals surface area contributed by atoms with Gasteiger partial charge in [-0.1, -0.05) is 13.8 Å². The Balaban J connectivity index is 4.11. The molecule has 62 valence electrons. The topological polar surface area (TPSA) is 98.1 Å². The molecule has 0 saturated carbocycles. The van der Waals surface area contributed by atoms with Crippen LogP contribution in [0.2, 0.25) is 0 Å². The molecule has 0 radical (unpaired) electrons. The van der Waals surface area contributed by atoms with Crippen LogP contribution in [-0.4, -0.2) is 17.1 Å². The van der Waals surface area contributed by atoms with E-state index in [0.29, 0.717) is 0 Å². The van der Waals surface area contributed by atoms with Gasteiger partial charge in [-0.25, -0.2) is 10.2 Å². The molecule has 0 aromatic heterocycles. The molecule has 0 aromatic rings. The van der Waals surface area contributed by atoms with E-state index in [1.54, 1.807) is 13.8 Å². The molecule has 0 heterocycles. The molecule has 1 unspecified atom stereocenters. The van der Waals surface area contributed by atoms with E-state index >= 15 is 0 Å². The van der Waals surface area contributed by atoms with Gasteiger partial charge in [0.2, 0.25) is 0 Å². The van der Waals surface area contributed by atoms with Crippen molar-refractivity contribution in [3.63, 3.8) is 0 Å². The maximum absolute atomic E-state index is 10.4. The maximum atomic E-state index is 10.4. The number of carboxylic acid groups (broad SMARTS) is 1. The van der Waals surface area contributed by atoms with Crippen molar-refractivity contribution in [1.29, 1.82) is 0 Å². The molecule has 6 nitrogen and oxygen atoms in total. The second-order valence-corrected chi connectivity index (χ2v) is 2.38. The number of nitrogens with zero attached hydrogens (tertiary/aromatic N) is 3. The van der Waals surface area contributed by atoms with Crippen molar-refractivity contribution in [3.05, 3.63) is 10.4 Å². The summed E-state index contributed by atoms with van der Waals surface area (Å²) in [6.45, 7) is 3.44. The van der Waals surface area contributed by atoms with E-state index in [2.05, 4.69) is 15.6 Å². The standard InChI is InChI=1S/C5H10N4O2/c1-3(2)4(5(10)11)7-9-8-6/h3-4,7H,1-2H3,(H,10,11). The zero-order chi connectivity index (χ0) is 8.85. The normalized spacial score (nSPS) is 11.9. The highest BCUT2D eigenvalue weighted by Gasteiger charge is 2.22. The summed E-state index contributed by atoms with van der Waals surface area (Å²) < 4.78 is 0. The number of aliphatic carboxylic acids is 1. The lowest BCUT2D eigenvalue weighted by atomic mass is 10.1. The minimum absolute atomic E-state index is 0.113. The van der Waals surface area contributed by atoms with Crippen molar-refractivity contribution >= 4 is 5.97 Å². The maximum Gasteiger partial charge on any atom is 0.349 e. The highest BCUT2D eigenvalue weighted by molar-refractivity contribution is 5.73. The summed E-state index contributed by atoms with van der Waals surface area (Å²) in [6, 6.07) is -0.814. The molecule has 0 aliphatic rings. The van der Waals surface area contributed by atoms with Gasteiger partial charge in [0.1, 0.15) is 0 Å². The van der Waals surface area contributed by atoms with Crippen molar-refractivity contribution in [2.24, 2.45) is 11.1 Å². The largest absolute Gasteiger partial charge is 0.478 e. The smallest absolute Gasteiger partial charge is 0.349 e. The molecule has 1 atom stereocenters. The highest BCUT2D eigenvalue weighted by Crippen LogP contribution is 2.00. The Morgan fingerprint density at radius 2 is 2.27 bits per heavy atom. The quantitative estimate of drug-likeness (QED) is 0.275. The van der Waals surface area contributed by atoms with Crippen molar-refractivity contribution in [3.8, 4) is 0 Å². The predicted molar refractivity (Wildman–Crippen MR) is 38.5 cm³/mol.